The average molecular weight is 308 g/mol. The van der Waals surface area contributed by atoms with Crippen LogP contribution in [0.25, 0.3) is 0 Å². The summed E-state index contributed by atoms with van der Waals surface area (Å²) in [7, 11) is 0. The SMILES string of the molecule is CCCCCC(=O)OCCOCCOc1ccc(C=O)cc1. The third kappa shape index (κ3) is 8.42. The van der Waals surface area contributed by atoms with Gasteiger partial charge < -0.3 is 14.2 Å². The number of aldehydes is 1. The van der Waals surface area contributed by atoms with Crippen LogP contribution < -0.4 is 4.74 Å². The molecule has 0 spiro atoms. The lowest BCUT2D eigenvalue weighted by molar-refractivity contribution is -0.145. The molecule has 0 atom stereocenters. The highest BCUT2D eigenvalue weighted by Crippen LogP contribution is 2.10. The van der Waals surface area contributed by atoms with Gasteiger partial charge in [-0.15, -0.1) is 0 Å². The molecule has 0 bridgehead atoms. The predicted octanol–water partition coefficient (Wildman–Crippen LogP) is 3.02. The topological polar surface area (TPSA) is 61.8 Å². The molecule has 0 aliphatic rings. The lowest BCUT2D eigenvalue weighted by Gasteiger charge is -2.08. The zero-order valence-electron chi connectivity index (χ0n) is 13.1. The van der Waals surface area contributed by atoms with Crippen molar-refractivity contribution in [2.75, 3.05) is 26.4 Å². The molecule has 5 heteroatoms. The molecule has 0 saturated heterocycles. The first kappa shape index (κ1) is 18.2. The quantitative estimate of drug-likeness (QED) is 0.337. The Bertz CT molecular complexity index is 427. The zero-order valence-corrected chi connectivity index (χ0v) is 13.1. The summed E-state index contributed by atoms with van der Waals surface area (Å²) in [4.78, 5) is 21.8. The van der Waals surface area contributed by atoms with Gasteiger partial charge in [-0.05, 0) is 30.7 Å². The minimum Gasteiger partial charge on any atom is -0.491 e. The van der Waals surface area contributed by atoms with Gasteiger partial charge in [-0.3, -0.25) is 9.59 Å². The third-order valence-electron chi connectivity index (χ3n) is 2.99. The van der Waals surface area contributed by atoms with Crippen LogP contribution >= 0.6 is 0 Å². The third-order valence-corrected chi connectivity index (χ3v) is 2.99. The molecule has 22 heavy (non-hydrogen) atoms. The van der Waals surface area contributed by atoms with Crippen molar-refractivity contribution >= 4 is 12.3 Å². The van der Waals surface area contributed by atoms with Crippen LogP contribution in [0.3, 0.4) is 0 Å². The predicted molar refractivity (Wildman–Crippen MR) is 83.2 cm³/mol. The Balaban J connectivity index is 1.96. The Kier molecular flexibility index (Phi) is 9.70. The van der Waals surface area contributed by atoms with Crippen LogP contribution in [-0.2, 0) is 14.3 Å². The first-order valence-electron chi connectivity index (χ1n) is 7.67. The molecule has 122 valence electrons. The molecule has 1 rings (SSSR count). The van der Waals surface area contributed by atoms with Crippen molar-refractivity contribution in [3.8, 4) is 5.75 Å². The number of carbonyl (C=O) groups excluding carboxylic acids is 2. The van der Waals surface area contributed by atoms with Crippen molar-refractivity contribution in [1.82, 2.24) is 0 Å². The average Bonchev–Trinajstić information content (AvgIpc) is 2.55. The van der Waals surface area contributed by atoms with Gasteiger partial charge in [0.1, 0.15) is 25.2 Å². The standard InChI is InChI=1S/C17H24O5/c1-2-3-4-5-17(19)22-13-11-20-10-12-21-16-8-6-15(14-18)7-9-16/h6-9,14H,2-5,10-13H2,1H3. The molecule has 0 fully saturated rings. The molecule has 0 radical (unpaired) electrons. The molecule has 0 aliphatic carbocycles. The van der Waals surface area contributed by atoms with Gasteiger partial charge >= 0.3 is 5.97 Å². The maximum atomic E-state index is 11.3. The first-order valence-corrected chi connectivity index (χ1v) is 7.67. The van der Waals surface area contributed by atoms with E-state index in [1.807, 2.05) is 0 Å². The number of rotatable bonds is 12. The van der Waals surface area contributed by atoms with E-state index in [1.54, 1.807) is 24.3 Å². The Hall–Kier alpha value is -1.88. The summed E-state index contributed by atoms with van der Waals surface area (Å²) in [5.74, 6) is 0.528. The second-order valence-electron chi connectivity index (χ2n) is 4.83. The molecule has 0 saturated carbocycles. The van der Waals surface area contributed by atoms with Crippen molar-refractivity contribution in [2.45, 2.75) is 32.6 Å². The minimum atomic E-state index is -0.163. The van der Waals surface area contributed by atoms with Gasteiger partial charge in [-0.1, -0.05) is 19.8 Å². The van der Waals surface area contributed by atoms with E-state index < -0.39 is 0 Å². The number of carbonyl (C=O) groups is 2. The zero-order chi connectivity index (χ0) is 16.0. The number of esters is 1. The van der Waals surface area contributed by atoms with E-state index in [0.717, 1.165) is 25.5 Å². The van der Waals surface area contributed by atoms with Crippen molar-refractivity contribution in [3.05, 3.63) is 29.8 Å². The molecule has 1 aromatic carbocycles. The number of hydrogen-bond acceptors (Lipinski definition) is 5. The highest BCUT2D eigenvalue weighted by atomic mass is 16.6. The molecule has 0 unspecified atom stereocenters. The fourth-order valence-electron chi connectivity index (χ4n) is 1.77. The fraction of sp³-hybridized carbons (Fsp3) is 0.529. The van der Waals surface area contributed by atoms with Crippen LogP contribution in [0.4, 0.5) is 0 Å². The van der Waals surface area contributed by atoms with Gasteiger partial charge in [-0.25, -0.2) is 0 Å². The van der Waals surface area contributed by atoms with E-state index in [1.165, 1.54) is 0 Å². The van der Waals surface area contributed by atoms with E-state index in [0.29, 0.717) is 37.6 Å². The molecule has 0 aromatic heterocycles. The normalized spacial score (nSPS) is 10.2. The van der Waals surface area contributed by atoms with Crippen LogP contribution in [0.5, 0.6) is 5.75 Å². The Morgan fingerprint density at radius 2 is 1.77 bits per heavy atom. The van der Waals surface area contributed by atoms with Crippen LogP contribution in [0, 0.1) is 0 Å². The van der Waals surface area contributed by atoms with E-state index in [9.17, 15) is 9.59 Å². The van der Waals surface area contributed by atoms with Crippen molar-refractivity contribution in [1.29, 1.82) is 0 Å². The molecular weight excluding hydrogens is 284 g/mol. The van der Waals surface area contributed by atoms with E-state index in [-0.39, 0.29) is 12.6 Å². The van der Waals surface area contributed by atoms with Gasteiger partial charge in [0.05, 0.1) is 13.2 Å². The van der Waals surface area contributed by atoms with Crippen LogP contribution in [0.2, 0.25) is 0 Å². The van der Waals surface area contributed by atoms with Gasteiger partial charge in [0.2, 0.25) is 0 Å². The summed E-state index contributed by atoms with van der Waals surface area (Å²) >= 11 is 0. The molecule has 0 aliphatic heterocycles. The smallest absolute Gasteiger partial charge is 0.305 e. The number of benzene rings is 1. The lowest BCUT2D eigenvalue weighted by atomic mass is 10.2. The van der Waals surface area contributed by atoms with Crippen molar-refractivity contribution in [2.24, 2.45) is 0 Å². The largest absolute Gasteiger partial charge is 0.491 e. The van der Waals surface area contributed by atoms with Gasteiger partial charge in [0, 0.05) is 12.0 Å². The Morgan fingerprint density at radius 3 is 2.45 bits per heavy atom. The van der Waals surface area contributed by atoms with Gasteiger partial charge in [0.25, 0.3) is 0 Å². The van der Waals surface area contributed by atoms with Crippen molar-refractivity contribution < 1.29 is 23.8 Å². The van der Waals surface area contributed by atoms with Gasteiger partial charge in [0.15, 0.2) is 0 Å². The highest BCUT2D eigenvalue weighted by Gasteiger charge is 2.01. The first-order chi connectivity index (χ1) is 10.8. The summed E-state index contributed by atoms with van der Waals surface area (Å²) < 4.78 is 15.8. The molecule has 5 nitrogen and oxygen atoms in total. The van der Waals surface area contributed by atoms with Crippen LogP contribution in [0.1, 0.15) is 43.0 Å². The second kappa shape index (κ2) is 11.7. The minimum absolute atomic E-state index is 0.163. The van der Waals surface area contributed by atoms with Crippen molar-refractivity contribution in [3.63, 3.8) is 0 Å². The molecule has 0 amide bonds. The number of unbranched alkanes of at least 4 members (excludes halogenated alkanes) is 2. The maximum absolute atomic E-state index is 11.3. The number of ether oxygens (including phenoxy) is 3. The van der Waals surface area contributed by atoms with Gasteiger partial charge in [-0.2, -0.15) is 0 Å². The second-order valence-corrected chi connectivity index (χ2v) is 4.83. The maximum Gasteiger partial charge on any atom is 0.305 e. The number of hydrogen-bond donors (Lipinski definition) is 0. The highest BCUT2D eigenvalue weighted by molar-refractivity contribution is 5.74. The van der Waals surface area contributed by atoms with Crippen LogP contribution in [-0.4, -0.2) is 38.7 Å². The summed E-state index contributed by atoms with van der Waals surface area (Å²) in [5, 5.41) is 0. The lowest BCUT2D eigenvalue weighted by Crippen LogP contribution is -2.13. The monoisotopic (exact) mass is 308 g/mol. The molecular formula is C17H24O5. The van der Waals surface area contributed by atoms with E-state index in [2.05, 4.69) is 6.92 Å². The van der Waals surface area contributed by atoms with Crippen LogP contribution in [0.15, 0.2) is 24.3 Å². The summed E-state index contributed by atoms with van der Waals surface area (Å²) in [6, 6.07) is 6.87. The molecule has 0 N–H and O–H groups in total. The molecule has 1 aromatic rings. The Morgan fingerprint density at radius 1 is 1.05 bits per heavy atom. The summed E-state index contributed by atoms with van der Waals surface area (Å²) in [5.41, 5.74) is 0.615. The summed E-state index contributed by atoms with van der Waals surface area (Å²) in [6.45, 7) is 3.57. The van der Waals surface area contributed by atoms with E-state index in [4.69, 9.17) is 14.2 Å². The fourth-order valence-corrected chi connectivity index (χ4v) is 1.77. The van der Waals surface area contributed by atoms with E-state index >= 15 is 0 Å². The molecule has 0 heterocycles. The summed E-state index contributed by atoms with van der Waals surface area (Å²) in [6.07, 6.45) is 4.29. The Labute approximate surface area is 131 Å².